The summed E-state index contributed by atoms with van der Waals surface area (Å²) < 4.78 is 13.8. The number of nitrogens with zero attached hydrogens (tertiary/aromatic N) is 5. The monoisotopic (exact) mass is 715 g/mol. The smallest absolute Gasteiger partial charge is 0.356 e. The molecular formula is C36H42N5O5PSSi. The Kier molecular flexibility index (Phi) is 11.2. The van der Waals surface area contributed by atoms with Crippen molar-refractivity contribution in [2.24, 2.45) is 5.92 Å². The van der Waals surface area contributed by atoms with Crippen molar-refractivity contribution in [2.75, 3.05) is 13.2 Å². The fourth-order valence-electron chi connectivity index (χ4n) is 5.47. The molecule has 0 bridgehead atoms. The van der Waals surface area contributed by atoms with Crippen molar-refractivity contribution in [3.8, 4) is 0 Å². The van der Waals surface area contributed by atoms with E-state index in [0.717, 1.165) is 27.7 Å². The van der Waals surface area contributed by atoms with Crippen molar-refractivity contribution in [3.05, 3.63) is 110 Å². The average molecular weight is 716 g/mol. The van der Waals surface area contributed by atoms with Gasteiger partial charge in [-0.3, -0.25) is 14.5 Å². The predicted molar refractivity (Wildman–Crippen MR) is 199 cm³/mol. The molecule has 5 rings (SSSR count). The van der Waals surface area contributed by atoms with Gasteiger partial charge in [-0.1, -0.05) is 136 Å². The van der Waals surface area contributed by atoms with Crippen LogP contribution in [0.15, 0.2) is 110 Å². The van der Waals surface area contributed by atoms with Gasteiger partial charge in [0.15, 0.2) is 8.32 Å². The molecule has 1 aliphatic rings. The zero-order valence-corrected chi connectivity index (χ0v) is 31.1. The molecule has 0 saturated carbocycles. The molecule has 256 valence electrons. The maximum Gasteiger partial charge on any atom is 0.356 e. The van der Waals surface area contributed by atoms with Gasteiger partial charge in [-0.25, -0.2) is 9.48 Å². The molecular weight excluding hydrogens is 674 g/mol. The number of thioether (sulfide) groups is 1. The Morgan fingerprint density at radius 3 is 1.92 bits per heavy atom. The number of carbonyl (C=O) groups excluding carboxylic acids is 3. The fourth-order valence-corrected chi connectivity index (χ4v) is 12.1. The molecule has 2 atom stereocenters. The molecule has 1 aromatic heterocycles. The minimum absolute atomic E-state index is 0.0588. The zero-order chi connectivity index (χ0) is 35.2. The number of ether oxygens (including phenoxy) is 1. The number of rotatable bonds is 13. The molecule has 2 heterocycles. The first-order chi connectivity index (χ1) is 23.4. The third-order valence-corrected chi connectivity index (χ3v) is 18.9. The lowest BCUT2D eigenvalue weighted by molar-refractivity contribution is -0.148. The van der Waals surface area contributed by atoms with Gasteiger partial charge in [0.1, 0.15) is 30.3 Å². The van der Waals surface area contributed by atoms with Crippen molar-refractivity contribution in [2.45, 2.75) is 50.8 Å². The number of esters is 1. The van der Waals surface area contributed by atoms with Crippen LogP contribution in [0.5, 0.6) is 0 Å². The summed E-state index contributed by atoms with van der Waals surface area (Å²) in [5, 5.41) is 12.6. The van der Waals surface area contributed by atoms with Crippen LogP contribution >= 0.6 is 18.6 Å². The summed E-state index contributed by atoms with van der Waals surface area (Å²) in [5.74, 6) is -1.65. The van der Waals surface area contributed by atoms with Gasteiger partial charge >= 0.3 is 5.97 Å². The number of likely N-dealkylation sites (tertiary alicyclic amines) is 1. The fraction of sp³-hybridized carbons (Fsp3) is 0.306. The highest BCUT2D eigenvalue weighted by Gasteiger charge is 2.55. The van der Waals surface area contributed by atoms with Gasteiger partial charge in [0, 0.05) is 13.5 Å². The topological polar surface area (TPSA) is 117 Å². The molecule has 1 aliphatic heterocycles. The number of hydrogen-bond acceptors (Lipinski definition) is 9. The largest absolute Gasteiger partial charge is 0.457 e. The van der Waals surface area contributed by atoms with Crippen LogP contribution in [0.3, 0.4) is 0 Å². The van der Waals surface area contributed by atoms with E-state index in [1.54, 1.807) is 0 Å². The number of benzene rings is 3. The maximum absolute atomic E-state index is 14.7. The van der Waals surface area contributed by atoms with Crippen LogP contribution in [0, 0.1) is 5.92 Å². The minimum Gasteiger partial charge on any atom is -0.457 e. The van der Waals surface area contributed by atoms with Crippen molar-refractivity contribution in [3.63, 3.8) is 0 Å². The van der Waals surface area contributed by atoms with Crippen LogP contribution < -0.4 is 15.9 Å². The van der Waals surface area contributed by atoms with Crippen LogP contribution in [-0.4, -0.2) is 74.4 Å². The molecule has 0 radical (unpaired) electrons. The molecule has 1 fully saturated rings. The first-order valence-electron chi connectivity index (χ1n) is 16.0. The van der Waals surface area contributed by atoms with Crippen LogP contribution in [0.4, 0.5) is 0 Å². The van der Waals surface area contributed by atoms with Gasteiger partial charge in [-0.2, -0.15) is 0 Å². The number of hydrogen-bond donors (Lipinski definition) is 0. The van der Waals surface area contributed by atoms with E-state index in [9.17, 15) is 14.4 Å². The minimum atomic E-state index is -3.14. The van der Waals surface area contributed by atoms with E-state index in [1.165, 1.54) is 22.0 Å². The molecule has 10 nitrogen and oxygen atoms in total. The third-order valence-electron chi connectivity index (χ3n) is 9.01. The van der Waals surface area contributed by atoms with Gasteiger partial charge in [-0.15, -0.1) is 5.10 Å². The van der Waals surface area contributed by atoms with E-state index in [-0.39, 0.29) is 41.2 Å². The molecule has 1 saturated heterocycles. The van der Waals surface area contributed by atoms with Gasteiger partial charge in [-0.05, 0) is 44.5 Å². The summed E-state index contributed by atoms with van der Waals surface area (Å²) in [6, 6.07) is 29.3. The van der Waals surface area contributed by atoms with E-state index in [4.69, 9.17) is 9.16 Å². The molecule has 0 N–H and O–H groups in total. The highest BCUT2D eigenvalue weighted by atomic mass is 32.2. The highest BCUT2D eigenvalue weighted by Crippen LogP contribution is 2.51. The molecule has 0 unspecified atom stereocenters. The Balaban J connectivity index is 1.78. The highest BCUT2D eigenvalue weighted by molar-refractivity contribution is 8.14. The lowest BCUT2D eigenvalue weighted by Gasteiger charge is -2.50. The van der Waals surface area contributed by atoms with E-state index in [1.807, 2.05) is 91.0 Å². The van der Waals surface area contributed by atoms with Crippen molar-refractivity contribution in [1.29, 1.82) is 0 Å². The second-order valence-electron chi connectivity index (χ2n) is 13.2. The molecule has 4 aromatic rings. The first kappa shape index (κ1) is 36.2. The average Bonchev–Trinajstić information content (AvgIpc) is 3.60. The van der Waals surface area contributed by atoms with E-state index in [0.29, 0.717) is 0 Å². The van der Waals surface area contributed by atoms with Crippen LogP contribution in [0.1, 0.15) is 20.8 Å². The predicted octanol–water partition coefficient (Wildman–Crippen LogP) is 4.59. The summed E-state index contributed by atoms with van der Waals surface area (Å²) in [5.41, 5.74) is 0.194. The Morgan fingerprint density at radius 1 is 0.939 bits per heavy atom. The Labute approximate surface area is 293 Å². The summed E-state index contributed by atoms with van der Waals surface area (Å²) in [6.45, 7) is 11.2. The van der Waals surface area contributed by atoms with Crippen molar-refractivity contribution < 1.29 is 23.5 Å². The number of tetrazole rings is 1. The van der Waals surface area contributed by atoms with Gasteiger partial charge < -0.3 is 9.16 Å². The Hall–Kier alpha value is -4.09. The van der Waals surface area contributed by atoms with Crippen LogP contribution in [0.2, 0.25) is 18.1 Å². The standard InChI is InChI=1S/C36H42N5O5PSSi/c1-7-23-45-35(44)33(47(27-17-11-8-12-18-27,28-19-13-9-14-20-28)29-21-15-10-16-22-29)41-32(43)30(25-46-49(5,6)36(2,3)4)34(41)48-31(42)24-40-26-37-38-39-40/h7-22,26,30,34H,1,23-25H2,2-6H3/t30-,34+/m0/s1. The van der Waals surface area contributed by atoms with Gasteiger partial charge in [0.2, 0.25) is 11.0 Å². The van der Waals surface area contributed by atoms with E-state index in [2.05, 4.69) is 56.0 Å². The van der Waals surface area contributed by atoms with E-state index >= 15 is 0 Å². The second-order valence-corrected chi connectivity index (χ2v) is 22.5. The summed E-state index contributed by atoms with van der Waals surface area (Å²) in [7, 11) is -2.28. The summed E-state index contributed by atoms with van der Waals surface area (Å²) in [6.07, 6.45) is 2.86. The molecule has 49 heavy (non-hydrogen) atoms. The molecule has 0 aliphatic carbocycles. The number of amides is 1. The SMILES string of the molecule is C=CCOC(=O)C(N1C(=O)[C@H](CO[Si](C)(C)C(C)(C)C)[C@H]1SC(=O)Cn1cnnn1)=P(c1ccccc1)(c1ccccc1)c1ccccc1. The summed E-state index contributed by atoms with van der Waals surface area (Å²) >= 11 is 0.988. The number of aromatic nitrogens is 4. The van der Waals surface area contributed by atoms with Crippen LogP contribution in [-0.2, 0) is 30.1 Å². The molecule has 1 amide bonds. The number of β-lactam (4-membered cyclic amide) rings is 1. The Morgan fingerprint density at radius 2 is 1.47 bits per heavy atom. The van der Waals surface area contributed by atoms with Gasteiger partial charge in [0.25, 0.3) is 0 Å². The third kappa shape index (κ3) is 7.42. The molecule has 3 aromatic carbocycles. The normalized spacial score (nSPS) is 16.5. The molecule has 13 heteroatoms. The molecule has 0 spiro atoms. The van der Waals surface area contributed by atoms with Crippen LogP contribution in [0.25, 0.3) is 0 Å². The Bertz CT molecular complexity index is 1730. The van der Waals surface area contributed by atoms with Crippen molar-refractivity contribution >= 4 is 65.3 Å². The lowest BCUT2D eigenvalue weighted by Crippen LogP contribution is -2.66. The first-order valence-corrected chi connectivity index (χ1v) is 21.6. The van der Waals surface area contributed by atoms with Crippen molar-refractivity contribution in [1.82, 2.24) is 25.1 Å². The maximum atomic E-state index is 14.7. The number of carbonyl (C=O) groups is 3. The quantitative estimate of drug-likeness (QED) is 0.0645. The zero-order valence-electron chi connectivity index (χ0n) is 28.4. The van der Waals surface area contributed by atoms with E-state index < -0.39 is 32.5 Å². The second kappa shape index (κ2) is 15.2. The van der Waals surface area contributed by atoms with Gasteiger partial charge in [0.05, 0.1) is 5.92 Å². The summed E-state index contributed by atoms with van der Waals surface area (Å²) in [4.78, 5) is 44.5. The lowest BCUT2D eigenvalue weighted by atomic mass is 9.99.